The molecule has 4 rings (SSSR count). The lowest BCUT2D eigenvalue weighted by Gasteiger charge is -2.31. The van der Waals surface area contributed by atoms with Crippen molar-refractivity contribution in [1.82, 2.24) is 14.2 Å². The van der Waals surface area contributed by atoms with Crippen molar-refractivity contribution < 1.29 is 18.0 Å². The van der Waals surface area contributed by atoms with Crippen molar-refractivity contribution in [3.8, 4) is 0 Å². The number of hydrogen-bond acceptors (Lipinski definition) is 4. The number of hydrogen-bond donors (Lipinski definition) is 2. The third-order valence-corrected chi connectivity index (χ3v) is 8.51. The summed E-state index contributed by atoms with van der Waals surface area (Å²) in [5.41, 5.74) is 3.13. The van der Waals surface area contributed by atoms with Crippen LogP contribution < -0.4 is 5.32 Å². The van der Waals surface area contributed by atoms with Gasteiger partial charge in [-0.2, -0.15) is 4.31 Å². The summed E-state index contributed by atoms with van der Waals surface area (Å²) < 4.78 is 28.0. The van der Waals surface area contributed by atoms with Crippen molar-refractivity contribution in [2.24, 2.45) is 5.92 Å². The molecular formula is C25H34N4O4S. The number of carbonyl (C=O) groups excluding carboxylic acids is 2. The average Bonchev–Trinajstić information content (AvgIpc) is 3.15. The molecule has 2 aromatic rings. The molecule has 0 bridgehead atoms. The van der Waals surface area contributed by atoms with Crippen LogP contribution in [0.4, 0.5) is 5.69 Å². The first-order chi connectivity index (χ1) is 16.2. The number of benzene rings is 1. The molecule has 8 nitrogen and oxygen atoms in total. The predicted octanol–water partition coefficient (Wildman–Crippen LogP) is 3.69. The van der Waals surface area contributed by atoms with E-state index in [2.05, 4.69) is 10.3 Å². The standard InChI is InChI=1S/C25H34N4O4S/c1-18-12-19(2)14-21(13-18)27-24(30)20-8-7-11-29(17-20)34(32,33)22-15-23(26-16-22)25(31)28-9-5-3-4-6-10-28/h12-16,20,26H,3-11,17H2,1-2H3,(H,27,30). The Hall–Kier alpha value is -2.65. The third-order valence-electron chi connectivity index (χ3n) is 6.66. The first kappa shape index (κ1) is 24.5. The fourth-order valence-electron chi connectivity index (χ4n) is 4.91. The first-order valence-electron chi connectivity index (χ1n) is 12.1. The number of amides is 2. The highest BCUT2D eigenvalue weighted by molar-refractivity contribution is 7.89. The number of sulfonamides is 1. The van der Waals surface area contributed by atoms with Gasteiger partial charge in [0, 0.05) is 38.1 Å². The Morgan fingerprint density at radius 3 is 2.29 bits per heavy atom. The number of aromatic amines is 1. The summed E-state index contributed by atoms with van der Waals surface area (Å²) in [5.74, 6) is -0.759. The minimum Gasteiger partial charge on any atom is -0.356 e. The van der Waals surface area contributed by atoms with Gasteiger partial charge in [-0.25, -0.2) is 8.42 Å². The molecule has 34 heavy (non-hydrogen) atoms. The number of H-pyrrole nitrogens is 1. The van der Waals surface area contributed by atoms with E-state index in [0.717, 1.165) is 42.5 Å². The van der Waals surface area contributed by atoms with Crippen LogP contribution in [0.15, 0.2) is 35.4 Å². The zero-order valence-corrected chi connectivity index (χ0v) is 20.8. The minimum atomic E-state index is -3.81. The smallest absolute Gasteiger partial charge is 0.270 e. The second kappa shape index (κ2) is 10.3. The lowest BCUT2D eigenvalue weighted by molar-refractivity contribution is -0.120. The van der Waals surface area contributed by atoms with E-state index >= 15 is 0 Å². The Labute approximate surface area is 201 Å². The zero-order chi connectivity index (χ0) is 24.3. The lowest BCUT2D eigenvalue weighted by Crippen LogP contribution is -2.43. The van der Waals surface area contributed by atoms with E-state index in [1.165, 1.54) is 16.6 Å². The second-order valence-corrected chi connectivity index (χ2v) is 11.5. The van der Waals surface area contributed by atoms with Crippen LogP contribution in [-0.4, -0.2) is 60.6 Å². The van der Waals surface area contributed by atoms with Gasteiger partial charge in [0.25, 0.3) is 5.91 Å². The summed E-state index contributed by atoms with van der Waals surface area (Å²) in [4.78, 5) is 30.5. The van der Waals surface area contributed by atoms with Crippen LogP contribution in [-0.2, 0) is 14.8 Å². The molecule has 2 saturated heterocycles. The maximum Gasteiger partial charge on any atom is 0.270 e. The van der Waals surface area contributed by atoms with E-state index in [1.807, 2.05) is 32.0 Å². The Morgan fingerprint density at radius 2 is 1.62 bits per heavy atom. The predicted molar refractivity (Wildman–Crippen MR) is 131 cm³/mol. The Balaban J connectivity index is 1.44. The number of nitrogens with one attached hydrogen (secondary N) is 2. The molecule has 2 aliphatic rings. The van der Waals surface area contributed by atoms with Gasteiger partial charge in [0.05, 0.1) is 5.92 Å². The van der Waals surface area contributed by atoms with Gasteiger partial charge in [0.1, 0.15) is 10.6 Å². The number of nitrogens with zero attached hydrogens (tertiary/aromatic N) is 2. The molecule has 1 unspecified atom stereocenters. The van der Waals surface area contributed by atoms with Crippen molar-refractivity contribution in [1.29, 1.82) is 0 Å². The van der Waals surface area contributed by atoms with Gasteiger partial charge in [-0.1, -0.05) is 18.9 Å². The quantitative estimate of drug-likeness (QED) is 0.673. The van der Waals surface area contributed by atoms with Crippen LogP contribution in [0.25, 0.3) is 0 Å². The highest BCUT2D eigenvalue weighted by Crippen LogP contribution is 2.26. The molecule has 3 heterocycles. The van der Waals surface area contributed by atoms with Crippen LogP contribution in [0.5, 0.6) is 0 Å². The fraction of sp³-hybridized carbons (Fsp3) is 0.520. The molecule has 9 heteroatoms. The number of piperidine rings is 1. The number of aryl methyl sites for hydroxylation is 2. The second-order valence-electron chi connectivity index (χ2n) is 9.52. The Kier molecular flexibility index (Phi) is 7.42. The normalized spacial score (nSPS) is 20.1. The van der Waals surface area contributed by atoms with Crippen LogP contribution in [0.3, 0.4) is 0 Å². The lowest BCUT2D eigenvalue weighted by atomic mass is 9.98. The summed E-state index contributed by atoms with van der Waals surface area (Å²) in [6, 6.07) is 7.28. The van der Waals surface area contributed by atoms with Gasteiger partial charge >= 0.3 is 0 Å². The molecule has 0 radical (unpaired) electrons. The van der Waals surface area contributed by atoms with Crippen molar-refractivity contribution in [2.45, 2.75) is 57.3 Å². The molecular weight excluding hydrogens is 452 g/mol. The molecule has 0 saturated carbocycles. The monoisotopic (exact) mass is 486 g/mol. The molecule has 1 aromatic carbocycles. The molecule has 2 aliphatic heterocycles. The number of rotatable bonds is 5. The van der Waals surface area contributed by atoms with E-state index in [0.29, 0.717) is 38.2 Å². The summed E-state index contributed by atoms with van der Waals surface area (Å²) in [6.07, 6.45) is 6.79. The SMILES string of the molecule is Cc1cc(C)cc(NC(=O)C2CCCN(S(=O)(=O)c3c[nH]c(C(=O)N4CCCCCC4)c3)C2)c1. The number of likely N-dealkylation sites (tertiary alicyclic amines) is 1. The molecule has 0 spiro atoms. The summed E-state index contributed by atoms with van der Waals surface area (Å²) in [5, 5.41) is 2.95. The van der Waals surface area contributed by atoms with Crippen LogP contribution in [0.1, 0.15) is 60.1 Å². The van der Waals surface area contributed by atoms with Gasteiger partial charge in [-0.05, 0) is 68.9 Å². The van der Waals surface area contributed by atoms with Crippen molar-refractivity contribution in [3.63, 3.8) is 0 Å². The van der Waals surface area contributed by atoms with Gasteiger partial charge in [0.15, 0.2) is 0 Å². The van der Waals surface area contributed by atoms with E-state index in [1.54, 1.807) is 4.90 Å². The topological polar surface area (TPSA) is 103 Å². The Morgan fingerprint density at radius 1 is 0.941 bits per heavy atom. The highest BCUT2D eigenvalue weighted by Gasteiger charge is 2.34. The molecule has 2 fully saturated rings. The van der Waals surface area contributed by atoms with Crippen molar-refractivity contribution in [2.75, 3.05) is 31.5 Å². The van der Waals surface area contributed by atoms with Gasteiger partial charge in [-0.15, -0.1) is 0 Å². The van der Waals surface area contributed by atoms with Gasteiger partial charge < -0.3 is 15.2 Å². The molecule has 184 valence electrons. The zero-order valence-electron chi connectivity index (χ0n) is 20.0. The minimum absolute atomic E-state index is 0.0704. The Bertz CT molecular complexity index is 1130. The van der Waals surface area contributed by atoms with Crippen LogP contribution >= 0.6 is 0 Å². The van der Waals surface area contributed by atoms with Gasteiger partial charge in [-0.3, -0.25) is 9.59 Å². The van der Waals surface area contributed by atoms with Gasteiger partial charge in [0.2, 0.25) is 15.9 Å². The molecule has 2 N–H and O–H groups in total. The number of aromatic nitrogens is 1. The van der Waals surface area contributed by atoms with E-state index < -0.39 is 15.9 Å². The van der Waals surface area contributed by atoms with E-state index in [4.69, 9.17) is 0 Å². The highest BCUT2D eigenvalue weighted by atomic mass is 32.2. The molecule has 1 atom stereocenters. The fourth-order valence-corrected chi connectivity index (χ4v) is 6.42. The maximum atomic E-state index is 13.3. The van der Waals surface area contributed by atoms with E-state index in [9.17, 15) is 18.0 Å². The first-order valence-corrected chi connectivity index (χ1v) is 13.5. The third kappa shape index (κ3) is 5.52. The molecule has 1 aromatic heterocycles. The number of anilines is 1. The van der Waals surface area contributed by atoms with E-state index in [-0.39, 0.29) is 23.3 Å². The summed E-state index contributed by atoms with van der Waals surface area (Å²) in [7, 11) is -3.81. The largest absolute Gasteiger partial charge is 0.356 e. The maximum absolute atomic E-state index is 13.3. The van der Waals surface area contributed by atoms with Crippen molar-refractivity contribution >= 4 is 27.5 Å². The summed E-state index contributed by atoms with van der Waals surface area (Å²) >= 11 is 0. The summed E-state index contributed by atoms with van der Waals surface area (Å²) in [6.45, 7) is 5.82. The van der Waals surface area contributed by atoms with Crippen LogP contribution in [0, 0.1) is 19.8 Å². The molecule has 0 aliphatic carbocycles. The van der Waals surface area contributed by atoms with Crippen molar-refractivity contribution in [3.05, 3.63) is 47.3 Å². The number of carbonyl (C=O) groups is 2. The molecule has 2 amide bonds. The average molecular weight is 487 g/mol. The van der Waals surface area contributed by atoms with Crippen LogP contribution in [0.2, 0.25) is 0 Å².